The molecule has 0 aliphatic rings. The van der Waals surface area contributed by atoms with E-state index in [9.17, 15) is 0 Å². The van der Waals surface area contributed by atoms with Crippen LogP contribution in [0.5, 0.6) is 0 Å². The lowest BCUT2D eigenvalue weighted by atomic mass is 10.3. The monoisotopic (exact) mass is 341 g/mol. The fraction of sp³-hybridized carbons (Fsp3) is 0.0667. The number of hydrogen-bond donors (Lipinski definition) is 0. The molecule has 4 rings (SSSR count). The molecule has 23 heavy (non-hydrogen) atoms. The highest BCUT2D eigenvalue weighted by Crippen LogP contribution is 2.24. The zero-order valence-corrected chi connectivity index (χ0v) is 13.5. The van der Waals surface area contributed by atoms with E-state index >= 15 is 0 Å². The summed E-state index contributed by atoms with van der Waals surface area (Å²) in [5.74, 6) is 1.75. The minimum absolute atomic E-state index is 0.554. The molecule has 3 aromatic heterocycles. The minimum Gasteiger partial charge on any atom is -0.333 e. The van der Waals surface area contributed by atoms with Crippen molar-refractivity contribution in [2.24, 2.45) is 0 Å². The van der Waals surface area contributed by atoms with E-state index in [1.165, 1.54) is 11.8 Å². The lowest BCUT2D eigenvalue weighted by molar-refractivity contribution is 0.426. The van der Waals surface area contributed by atoms with Gasteiger partial charge in [-0.05, 0) is 23.6 Å². The van der Waals surface area contributed by atoms with Crippen LogP contribution in [0, 0.1) is 0 Å². The van der Waals surface area contributed by atoms with Crippen LogP contribution in [0.3, 0.4) is 0 Å². The third-order valence-corrected chi connectivity index (χ3v) is 4.73. The fourth-order valence-electron chi connectivity index (χ4n) is 1.96. The van der Waals surface area contributed by atoms with Crippen LogP contribution in [0.4, 0.5) is 0 Å². The van der Waals surface area contributed by atoms with Crippen molar-refractivity contribution in [2.75, 3.05) is 0 Å². The standard InChI is InChI=1S/C15H11N5OS2/c1-2-5-11(6-3-1)20-10-16-15(18-20)23-9-13-17-14(21-19-13)12-7-4-8-22-12/h1-8,10H,9H2. The van der Waals surface area contributed by atoms with Gasteiger partial charge in [0.2, 0.25) is 5.16 Å². The summed E-state index contributed by atoms with van der Waals surface area (Å²) in [7, 11) is 0. The molecule has 0 fully saturated rings. The number of benzene rings is 1. The summed E-state index contributed by atoms with van der Waals surface area (Å²) < 4.78 is 7.01. The molecular weight excluding hydrogens is 330 g/mol. The average Bonchev–Trinajstić information content (AvgIpc) is 3.33. The van der Waals surface area contributed by atoms with Crippen LogP contribution < -0.4 is 0 Å². The summed E-state index contributed by atoms with van der Waals surface area (Å²) in [4.78, 5) is 9.65. The van der Waals surface area contributed by atoms with Crippen molar-refractivity contribution in [3.63, 3.8) is 0 Å². The Balaban J connectivity index is 1.43. The summed E-state index contributed by atoms with van der Waals surface area (Å²) in [6, 6.07) is 13.8. The number of thiophene rings is 1. The maximum Gasteiger partial charge on any atom is 0.268 e. The van der Waals surface area contributed by atoms with E-state index < -0.39 is 0 Å². The summed E-state index contributed by atoms with van der Waals surface area (Å²) >= 11 is 3.05. The third-order valence-electron chi connectivity index (χ3n) is 3.02. The lowest BCUT2D eigenvalue weighted by Gasteiger charge is -1.97. The van der Waals surface area contributed by atoms with Crippen LogP contribution in [0.2, 0.25) is 0 Å². The van der Waals surface area contributed by atoms with Gasteiger partial charge in [-0.25, -0.2) is 9.67 Å². The molecule has 0 bridgehead atoms. The Kier molecular flexibility index (Phi) is 3.91. The van der Waals surface area contributed by atoms with Crippen LogP contribution in [-0.2, 0) is 5.75 Å². The molecule has 0 spiro atoms. The van der Waals surface area contributed by atoms with Crippen LogP contribution in [0.1, 0.15) is 5.82 Å². The molecule has 0 unspecified atom stereocenters. The first kappa shape index (κ1) is 14.2. The highest BCUT2D eigenvalue weighted by Gasteiger charge is 2.11. The number of thioether (sulfide) groups is 1. The Morgan fingerprint density at radius 3 is 2.87 bits per heavy atom. The van der Waals surface area contributed by atoms with E-state index in [-0.39, 0.29) is 0 Å². The summed E-state index contributed by atoms with van der Waals surface area (Å²) in [5.41, 5.74) is 0.978. The molecule has 8 heteroatoms. The van der Waals surface area contributed by atoms with Gasteiger partial charge in [-0.2, -0.15) is 4.98 Å². The number of nitrogens with zero attached hydrogens (tertiary/aromatic N) is 5. The molecule has 1 aromatic carbocycles. The maximum atomic E-state index is 5.26. The molecule has 0 aliphatic heterocycles. The molecule has 0 amide bonds. The second kappa shape index (κ2) is 6.35. The first-order valence-corrected chi connectivity index (χ1v) is 8.71. The third kappa shape index (κ3) is 3.17. The Bertz CT molecular complexity index is 886. The molecule has 4 aromatic rings. The molecule has 0 saturated heterocycles. The van der Waals surface area contributed by atoms with Gasteiger partial charge in [-0.1, -0.05) is 41.2 Å². The number of rotatable bonds is 5. The van der Waals surface area contributed by atoms with E-state index in [4.69, 9.17) is 4.52 Å². The van der Waals surface area contributed by atoms with E-state index in [0.717, 1.165) is 10.6 Å². The predicted octanol–water partition coefficient (Wildman–Crippen LogP) is 3.67. The van der Waals surface area contributed by atoms with Gasteiger partial charge in [0, 0.05) is 0 Å². The molecule has 0 aliphatic carbocycles. The summed E-state index contributed by atoms with van der Waals surface area (Å²) in [6.45, 7) is 0. The first-order chi connectivity index (χ1) is 11.4. The first-order valence-electron chi connectivity index (χ1n) is 6.85. The lowest BCUT2D eigenvalue weighted by Crippen LogP contribution is -1.93. The SMILES string of the molecule is c1ccc(-n2cnc(SCc3noc(-c4cccs4)n3)n2)cc1. The van der Waals surface area contributed by atoms with E-state index in [2.05, 4.69) is 20.2 Å². The van der Waals surface area contributed by atoms with Gasteiger partial charge in [0.1, 0.15) is 6.33 Å². The van der Waals surface area contributed by atoms with Gasteiger partial charge in [-0.3, -0.25) is 0 Å². The highest BCUT2D eigenvalue weighted by molar-refractivity contribution is 7.98. The largest absolute Gasteiger partial charge is 0.333 e. The summed E-state index contributed by atoms with van der Waals surface area (Å²) in [6.07, 6.45) is 1.70. The van der Waals surface area contributed by atoms with Crippen LogP contribution in [0.25, 0.3) is 16.5 Å². The molecule has 0 N–H and O–H groups in total. The van der Waals surface area contributed by atoms with Crippen molar-refractivity contribution < 1.29 is 4.52 Å². The van der Waals surface area contributed by atoms with Crippen LogP contribution >= 0.6 is 23.1 Å². The topological polar surface area (TPSA) is 69.6 Å². The molecule has 114 valence electrons. The van der Waals surface area contributed by atoms with Gasteiger partial charge < -0.3 is 4.52 Å². The Labute approximate surface area is 140 Å². The maximum absolute atomic E-state index is 5.26. The molecule has 0 saturated carbocycles. The van der Waals surface area contributed by atoms with Gasteiger partial charge in [0.25, 0.3) is 5.89 Å². The van der Waals surface area contributed by atoms with Crippen molar-refractivity contribution in [2.45, 2.75) is 10.9 Å². The Hall–Kier alpha value is -2.45. The molecule has 3 heterocycles. The zero-order valence-electron chi connectivity index (χ0n) is 11.9. The summed E-state index contributed by atoms with van der Waals surface area (Å²) in [5, 5.41) is 11.1. The highest BCUT2D eigenvalue weighted by atomic mass is 32.2. The number of aromatic nitrogens is 5. The van der Waals surface area contributed by atoms with Gasteiger partial charge in [0.15, 0.2) is 5.82 Å². The number of hydrogen-bond acceptors (Lipinski definition) is 7. The van der Waals surface area contributed by atoms with E-state index in [1.807, 2.05) is 47.8 Å². The van der Waals surface area contributed by atoms with Gasteiger partial charge in [-0.15, -0.1) is 16.4 Å². The predicted molar refractivity (Wildman–Crippen MR) is 88.5 cm³/mol. The second-order valence-electron chi connectivity index (χ2n) is 4.59. The van der Waals surface area contributed by atoms with E-state index in [1.54, 1.807) is 22.3 Å². The van der Waals surface area contributed by atoms with E-state index in [0.29, 0.717) is 22.6 Å². The van der Waals surface area contributed by atoms with Crippen LogP contribution in [-0.4, -0.2) is 24.9 Å². The Morgan fingerprint density at radius 2 is 2.04 bits per heavy atom. The zero-order chi connectivity index (χ0) is 15.5. The number of para-hydroxylation sites is 1. The van der Waals surface area contributed by atoms with Crippen molar-refractivity contribution in [1.82, 2.24) is 24.9 Å². The fourth-order valence-corrected chi connectivity index (χ4v) is 3.25. The van der Waals surface area contributed by atoms with Gasteiger partial charge >= 0.3 is 0 Å². The van der Waals surface area contributed by atoms with Crippen molar-refractivity contribution in [1.29, 1.82) is 0 Å². The molecule has 0 atom stereocenters. The normalized spacial score (nSPS) is 11.0. The molecule has 6 nitrogen and oxygen atoms in total. The molecule has 0 radical (unpaired) electrons. The second-order valence-corrected chi connectivity index (χ2v) is 6.48. The van der Waals surface area contributed by atoms with Crippen molar-refractivity contribution >= 4 is 23.1 Å². The van der Waals surface area contributed by atoms with Gasteiger partial charge in [0.05, 0.1) is 16.3 Å². The minimum atomic E-state index is 0.554. The van der Waals surface area contributed by atoms with Crippen molar-refractivity contribution in [3.8, 4) is 16.5 Å². The molecular formula is C15H11N5OS2. The smallest absolute Gasteiger partial charge is 0.268 e. The van der Waals surface area contributed by atoms with Crippen molar-refractivity contribution in [3.05, 3.63) is 60.0 Å². The van der Waals surface area contributed by atoms with Crippen LogP contribution in [0.15, 0.2) is 63.9 Å². The quantitative estimate of drug-likeness (QED) is 0.516. The Morgan fingerprint density at radius 1 is 1.13 bits per heavy atom. The average molecular weight is 341 g/mol.